The van der Waals surface area contributed by atoms with Crippen molar-refractivity contribution in [2.24, 2.45) is 0 Å². The Labute approximate surface area is 223 Å². The molecular weight excluding hydrogens is 500 g/mol. The third-order valence-corrected chi connectivity index (χ3v) is 8.94. The Kier molecular flexibility index (Phi) is 7.26. The number of piperazine rings is 1. The smallest absolute Gasteiger partial charge is 0.243 e. The third kappa shape index (κ3) is 5.05. The Morgan fingerprint density at radius 3 is 1.82 bits per heavy atom. The molecule has 2 N–H and O–H groups in total. The zero-order chi connectivity index (χ0) is 26.7. The average molecular weight is 531 g/mol. The number of aromatic hydroxyl groups is 2. The molecule has 5 rings (SSSR count). The number of ether oxygens (including phenoxy) is 1. The predicted molar refractivity (Wildman–Crippen MR) is 148 cm³/mol. The summed E-state index contributed by atoms with van der Waals surface area (Å²) in [7, 11) is -2.18. The van der Waals surface area contributed by atoms with Crippen LogP contribution >= 0.6 is 0 Å². The molecule has 0 bridgehead atoms. The van der Waals surface area contributed by atoms with Crippen molar-refractivity contribution in [2.75, 3.05) is 38.2 Å². The van der Waals surface area contributed by atoms with E-state index >= 15 is 0 Å². The molecule has 1 aliphatic rings. The van der Waals surface area contributed by atoms with Crippen molar-refractivity contribution in [2.45, 2.75) is 10.8 Å². The van der Waals surface area contributed by atoms with Crippen molar-refractivity contribution in [3.05, 3.63) is 114 Å². The topological polar surface area (TPSA) is 90.3 Å². The monoisotopic (exact) mass is 530 g/mol. The highest BCUT2D eigenvalue weighted by molar-refractivity contribution is 7.89. The fourth-order valence-corrected chi connectivity index (χ4v) is 6.69. The number of hydrogen-bond acceptors (Lipinski definition) is 6. The summed E-state index contributed by atoms with van der Waals surface area (Å²) in [5.74, 6) is 0.607. The van der Waals surface area contributed by atoms with E-state index in [1.54, 1.807) is 72.1 Å². The number of para-hydroxylation sites is 2. The number of phenols is 2. The maximum atomic E-state index is 14.1. The Balaban J connectivity index is 1.49. The van der Waals surface area contributed by atoms with Crippen molar-refractivity contribution in [3.63, 3.8) is 0 Å². The summed E-state index contributed by atoms with van der Waals surface area (Å²) in [6, 6.07) is 28.4. The summed E-state index contributed by atoms with van der Waals surface area (Å²) < 4.78 is 35.1. The van der Waals surface area contributed by atoms with E-state index in [0.717, 1.165) is 22.6 Å². The molecule has 4 aromatic carbocycles. The van der Waals surface area contributed by atoms with E-state index < -0.39 is 15.9 Å². The van der Waals surface area contributed by atoms with E-state index in [0.29, 0.717) is 31.7 Å². The van der Waals surface area contributed by atoms with Crippen LogP contribution in [0.25, 0.3) is 0 Å². The molecule has 7 nitrogen and oxygen atoms in total. The molecule has 1 fully saturated rings. The second-order valence-corrected chi connectivity index (χ2v) is 11.1. The summed E-state index contributed by atoms with van der Waals surface area (Å²) in [6.07, 6.45) is 0. The Morgan fingerprint density at radius 1 is 0.711 bits per heavy atom. The Bertz CT molecular complexity index is 1450. The normalized spacial score (nSPS) is 14.5. The zero-order valence-electron chi connectivity index (χ0n) is 21.1. The molecule has 0 spiro atoms. The van der Waals surface area contributed by atoms with E-state index in [9.17, 15) is 18.6 Å². The van der Waals surface area contributed by atoms with Crippen LogP contribution in [0.15, 0.2) is 102 Å². The average Bonchev–Trinajstić information content (AvgIpc) is 2.95. The van der Waals surface area contributed by atoms with Crippen LogP contribution in [0.5, 0.6) is 17.2 Å². The van der Waals surface area contributed by atoms with E-state index in [1.165, 1.54) is 0 Å². The fourth-order valence-electron chi connectivity index (χ4n) is 5.04. The second-order valence-electron chi connectivity index (χ2n) is 9.22. The van der Waals surface area contributed by atoms with Crippen LogP contribution in [0.3, 0.4) is 0 Å². The molecule has 1 aliphatic heterocycles. The van der Waals surface area contributed by atoms with Gasteiger partial charge < -0.3 is 19.8 Å². The molecule has 0 atom stereocenters. The summed E-state index contributed by atoms with van der Waals surface area (Å²) in [5, 5.41) is 19.7. The largest absolute Gasteiger partial charge is 0.508 e. The number of sulfonamides is 1. The molecular formula is C30H30N2O5S. The molecule has 1 heterocycles. The summed E-state index contributed by atoms with van der Waals surface area (Å²) in [4.78, 5) is 2.39. The molecule has 8 heteroatoms. The number of hydrogen-bond donors (Lipinski definition) is 2. The Hall–Kier alpha value is -4.01. The number of nitrogens with zero attached hydrogens (tertiary/aromatic N) is 2. The van der Waals surface area contributed by atoms with Gasteiger partial charge in [-0.2, -0.15) is 4.31 Å². The van der Waals surface area contributed by atoms with Gasteiger partial charge in [-0.05, 0) is 59.2 Å². The summed E-state index contributed by atoms with van der Waals surface area (Å²) >= 11 is 0. The van der Waals surface area contributed by atoms with Crippen LogP contribution in [-0.2, 0) is 10.0 Å². The maximum Gasteiger partial charge on any atom is 0.243 e. The minimum atomic E-state index is -3.81. The van der Waals surface area contributed by atoms with Crippen molar-refractivity contribution in [1.82, 2.24) is 4.31 Å². The van der Waals surface area contributed by atoms with E-state index in [1.807, 2.05) is 36.4 Å². The van der Waals surface area contributed by atoms with Crippen molar-refractivity contribution >= 4 is 15.7 Å². The van der Waals surface area contributed by atoms with Crippen LogP contribution < -0.4 is 9.64 Å². The van der Waals surface area contributed by atoms with Crippen molar-refractivity contribution < 1.29 is 23.4 Å². The minimum absolute atomic E-state index is 0.132. The van der Waals surface area contributed by atoms with Crippen molar-refractivity contribution in [1.29, 1.82) is 0 Å². The SMILES string of the molecule is COc1ccccc1N1CCN(S(=O)(=O)c2ccccc2C(c2ccc(O)cc2)c2ccc(O)cc2)CC1. The van der Waals surface area contributed by atoms with Gasteiger partial charge >= 0.3 is 0 Å². The van der Waals surface area contributed by atoms with E-state index in [2.05, 4.69) is 4.90 Å². The predicted octanol–water partition coefficient (Wildman–Crippen LogP) is 4.80. The first-order chi connectivity index (χ1) is 18.4. The van der Waals surface area contributed by atoms with Gasteiger partial charge in [0.05, 0.1) is 17.7 Å². The quantitative estimate of drug-likeness (QED) is 0.334. The lowest BCUT2D eigenvalue weighted by Crippen LogP contribution is -2.49. The standard InChI is InChI=1S/C30H30N2O5S/c1-37-28-8-4-3-7-27(28)31-18-20-32(21-19-31)38(35,36)29-9-5-2-6-26(29)30(22-10-14-24(33)15-11-22)23-12-16-25(34)17-13-23/h2-17,30,33-34H,18-21H2,1H3. The number of benzene rings is 4. The first kappa shape index (κ1) is 25.6. The highest BCUT2D eigenvalue weighted by Crippen LogP contribution is 2.38. The van der Waals surface area contributed by atoms with Crippen LogP contribution in [0.1, 0.15) is 22.6 Å². The molecule has 0 saturated carbocycles. The second kappa shape index (κ2) is 10.8. The Morgan fingerprint density at radius 2 is 1.24 bits per heavy atom. The molecule has 38 heavy (non-hydrogen) atoms. The lowest BCUT2D eigenvalue weighted by atomic mass is 9.85. The summed E-state index contributed by atoms with van der Waals surface area (Å²) in [6.45, 7) is 1.78. The van der Waals surface area contributed by atoms with Gasteiger partial charge in [-0.1, -0.05) is 54.6 Å². The van der Waals surface area contributed by atoms with E-state index in [-0.39, 0.29) is 16.4 Å². The van der Waals surface area contributed by atoms with Gasteiger partial charge in [-0.25, -0.2) is 8.42 Å². The van der Waals surface area contributed by atoms with Crippen LogP contribution in [0, 0.1) is 0 Å². The molecule has 0 aromatic heterocycles. The van der Waals surface area contributed by atoms with Gasteiger partial charge in [0.1, 0.15) is 17.2 Å². The molecule has 0 amide bonds. The molecule has 0 radical (unpaired) electrons. The number of methoxy groups -OCH3 is 1. The molecule has 1 saturated heterocycles. The molecule has 4 aromatic rings. The van der Waals surface area contributed by atoms with Gasteiger partial charge in [-0.3, -0.25) is 0 Å². The lowest BCUT2D eigenvalue weighted by molar-refractivity contribution is 0.378. The summed E-state index contributed by atoms with van der Waals surface area (Å²) in [5.41, 5.74) is 3.25. The van der Waals surface area contributed by atoms with Gasteiger partial charge in [-0.15, -0.1) is 0 Å². The van der Waals surface area contributed by atoms with Gasteiger partial charge in [0.25, 0.3) is 0 Å². The molecule has 0 unspecified atom stereocenters. The fraction of sp³-hybridized carbons (Fsp3) is 0.200. The number of rotatable bonds is 7. The minimum Gasteiger partial charge on any atom is -0.508 e. The van der Waals surface area contributed by atoms with Gasteiger partial charge in [0, 0.05) is 32.1 Å². The van der Waals surface area contributed by atoms with E-state index in [4.69, 9.17) is 4.74 Å². The maximum absolute atomic E-state index is 14.1. The third-order valence-electron chi connectivity index (χ3n) is 6.97. The van der Waals surface area contributed by atoms with Gasteiger partial charge in [0.15, 0.2) is 0 Å². The molecule has 0 aliphatic carbocycles. The number of phenolic OH excluding ortho intramolecular Hbond substituents is 2. The highest BCUT2D eigenvalue weighted by Gasteiger charge is 2.33. The van der Waals surface area contributed by atoms with Crippen LogP contribution in [0.4, 0.5) is 5.69 Å². The highest BCUT2D eigenvalue weighted by atomic mass is 32.2. The van der Waals surface area contributed by atoms with Crippen molar-refractivity contribution in [3.8, 4) is 17.2 Å². The first-order valence-corrected chi connectivity index (χ1v) is 13.9. The lowest BCUT2D eigenvalue weighted by Gasteiger charge is -2.36. The van der Waals surface area contributed by atoms with Crippen LogP contribution in [0.2, 0.25) is 0 Å². The molecule has 196 valence electrons. The van der Waals surface area contributed by atoms with Gasteiger partial charge in [0.2, 0.25) is 10.0 Å². The number of anilines is 1. The zero-order valence-corrected chi connectivity index (χ0v) is 21.9. The van der Waals surface area contributed by atoms with Crippen LogP contribution in [-0.4, -0.2) is 56.2 Å². The first-order valence-electron chi connectivity index (χ1n) is 12.4.